The Labute approximate surface area is 181 Å². The quantitative estimate of drug-likeness (QED) is 0.440. The van der Waals surface area contributed by atoms with Gasteiger partial charge in [-0.3, -0.25) is 9.36 Å². The summed E-state index contributed by atoms with van der Waals surface area (Å²) in [5, 5.41) is 2.59. The summed E-state index contributed by atoms with van der Waals surface area (Å²) in [5.74, 6) is -1.25. The number of hydrogen-bond donors (Lipinski definition) is 0. The van der Waals surface area contributed by atoms with Gasteiger partial charge in [-0.2, -0.15) is 0 Å². The summed E-state index contributed by atoms with van der Waals surface area (Å²) >= 11 is 3.05. The van der Waals surface area contributed by atoms with Crippen LogP contribution in [0.25, 0.3) is 5.69 Å². The number of nitrogens with zero attached hydrogens (tertiary/aromatic N) is 3. The van der Waals surface area contributed by atoms with Gasteiger partial charge in [0, 0.05) is 23.7 Å². The minimum atomic E-state index is -0.924. The summed E-state index contributed by atoms with van der Waals surface area (Å²) in [5.41, 5.74) is 1.92. The number of ether oxygens (including phenoxy) is 1. The van der Waals surface area contributed by atoms with Crippen molar-refractivity contribution in [2.45, 2.75) is 31.1 Å². The van der Waals surface area contributed by atoms with Gasteiger partial charge in [-0.25, -0.2) is 14.2 Å². The molecule has 0 saturated heterocycles. The maximum Gasteiger partial charge on any atom is 0.357 e. The number of rotatable bonds is 5. The first-order valence-electron chi connectivity index (χ1n) is 9.40. The van der Waals surface area contributed by atoms with Crippen LogP contribution >= 0.6 is 23.1 Å². The van der Waals surface area contributed by atoms with Crippen molar-refractivity contribution in [1.82, 2.24) is 14.5 Å². The van der Waals surface area contributed by atoms with Gasteiger partial charge >= 0.3 is 5.97 Å². The fraction of sp³-hybridized carbons (Fsp3) is 0.286. The molecule has 1 unspecified atom stereocenters. The van der Waals surface area contributed by atoms with Crippen molar-refractivity contribution in [3.63, 3.8) is 0 Å². The third-order valence-corrected chi connectivity index (χ3v) is 6.63. The van der Waals surface area contributed by atoms with E-state index in [1.54, 1.807) is 39.9 Å². The average molecular weight is 446 g/mol. The predicted molar refractivity (Wildman–Crippen MR) is 114 cm³/mol. The molecule has 0 saturated carbocycles. The number of thioether (sulfide) groups is 1. The van der Waals surface area contributed by atoms with Crippen molar-refractivity contribution in [1.29, 1.82) is 0 Å². The first kappa shape index (κ1) is 20.6. The topological polar surface area (TPSA) is 64.4 Å². The van der Waals surface area contributed by atoms with Gasteiger partial charge in [-0.1, -0.05) is 11.8 Å². The number of carbonyl (C=O) groups excluding carboxylic acids is 2. The van der Waals surface area contributed by atoms with E-state index in [2.05, 4.69) is 4.98 Å². The zero-order chi connectivity index (χ0) is 21.3. The Balaban J connectivity index is 1.50. The molecule has 0 N–H and O–H groups in total. The van der Waals surface area contributed by atoms with Crippen LogP contribution < -0.4 is 0 Å². The van der Waals surface area contributed by atoms with Gasteiger partial charge in [0.05, 0.1) is 6.20 Å². The minimum Gasteiger partial charge on any atom is -0.448 e. The Bertz CT molecular complexity index is 1080. The van der Waals surface area contributed by atoms with Crippen molar-refractivity contribution in [2.75, 3.05) is 12.8 Å². The number of hydrogen-bond acceptors (Lipinski definition) is 6. The van der Waals surface area contributed by atoms with E-state index in [1.165, 1.54) is 35.0 Å². The second-order valence-electron chi connectivity index (χ2n) is 6.87. The van der Waals surface area contributed by atoms with Gasteiger partial charge in [0.1, 0.15) is 5.82 Å². The van der Waals surface area contributed by atoms with Gasteiger partial charge < -0.3 is 9.64 Å². The average Bonchev–Trinajstić information content (AvgIpc) is 3.39. The smallest absolute Gasteiger partial charge is 0.357 e. The zero-order valence-electron chi connectivity index (χ0n) is 16.5. The van der Waals surface area contributed by atoms with Gasteiger partial charge in [-0.05, 0) is 60.9 Å². The van der Waals surface area contributed by atoms with Crippen LogP contribution in [-0.2, 0) is 22.5 Å². The van der Waals surface area contributed by atoms with E-state index in [9.17, 15) is 14.0 Å². The molecule has 0 radical (unpaired) electrons. The lowest BCUT2D eigenvalue weighted by atomic mass is 10.1. The summed E-state index contributed by atoms with van der Waals surface area (Å²) in [6.07, 6.45) is 3.13. The number of halogens is 1. The molecule has 1 atom stereocenters. The maximum atomic E-state index is 13.3. The Hall–Kier alpha value is -2.65. The Morgan fingerprint density at radius 1 is 1.27 bits per heavy atom. The van der Waals surface area contributed by atoms with Gasteiger partial charge in [-0.15, -0.1) is 11.3 Å². The summed E-state index contributed by atoms with van der Waals surface area (Å²) in [4.78, 5) is 33.0. The van der Waals surface area contributed by atoms with E-state index in [-0.39, 0.29) is 17.4 Å². The van der Waals surface area contributed by atoms with Crippen LogP contribution in [0, 0.1) is 5.82 Å². The standard InChI is InChI=1S/C21H20FN3O3S2/c1-13(19(26)24-9-7-18-14(12-24)8-10-30-18)28-20(27)17-11-23-21(29-2)25(17)16-5-3-15(22)4-6-16/h3-6,8,10-11,13H,7,9,12H2,1-2H3. The molecular formula is C21H20FN3O3S2. The van der Waals surface area contributed by atoms with Crippen LogP contribution in [0.1, 0.15) is 27.9 Å². The van der Waals surface area contributed by atoms with Gasteiger partial charge in [0.25, 0.3) is 5.91 Å². The molecule has 2 aromatic heterocycles. The molecule has 0 aliphatic carbocycles. The molecule has 9 heteroatoms. The summed E-state index contributed by atoms with van der Waals surface area (Å²) in [6.45, 7) is 2.72. The van der Waals surface area contributed by atoms with Crippen molar-refractivity contribution < 1.29 is 18.7 Å². The first-order chi connectivity index (χ1) is 14.5. The molecule has 0 spiro atoms. The molecule has 6 nitrogen and oxygen atoms in total. The number of fused-ring (bicyclic) bond motifs is 1. The number of aromatic nitrogens is 2. The summed E-state index contributed by atoms with van der Waals surface area (Å²) < 4.78 is 20.4. The zero-order valence-corrected chi connectivity index (χ0v) is 18.1. The number of benzene rings is 1. The SMILES string of the molecule is CSc1ncc(C(=O)OC(C)C(=O)N2CCc3sccc3C2)n1-c1ccc(F)cc1. The van der Waals surface area contributed by atoms with Crippen LogP contribution in [0.4, 0.5) is 4.39 Å². The van der Waals surface area contributed by atoms with Crippen molar-refractivity contribution in [3.8, 4) is 5.69 Å². The van der Waals surface area contributed by atoms with Crippen molar-refractivity contribution in [3.05, 3.63) is 63.9 Å². The number of esters is 1. The fourth-order valence-electron chi connectivity index (χ4n) is 3.43. The Morgan fingerprint density at radius 3 is 2.77 bits per heavy atom. The van der Waals surface area contributed by atoms with Gasteiger partial charge in [0.2, 0.25) is 0 Å². The van der Waals surface area contributed by atoms with Crippen molar-refractivity contribution in [2.24, 2.45) is 0 Å². The van der Waals surface area contributed by atoms with E-state index in [0.717, 1.165) is 12.0 Å². The minimum absolute atomic E-state index is 0.185. The molecule has 1 amide bonds. The normalized spacial score (nSPS) is 14.3. The lowest BCUT2D eigenvalue weighted by Gasteiger charge is -2.29. The number of thiophene rings is 1. The van der Waals surface area contributed by atoms with Crippen LogP contribution in [-0.4, -0.2) is 45.2 Å². The molecule has 1 aliphatic rings. The highest BCUT2D eigenvalue weighted by atomic mass is 32.2. The number of imidazole rings is 1. The largest absolute Gasteiger partial charge is 0.448 e. The first-order valence-corrected chi connectivity index (χ1v) is 11.5. The highest BCUT2D eigenvalue weighted by Crippen LogP contribution is 2.25. The molecule has 0 fully saturated rings. The molecule has 30 heavy (non-hydrogen) atoms. The Kier molecular flexibility index (Phi) is 5.92. The molecule has 3 heterocycles. The highest BCUT2D eigenvalue weighted by Gasteiger charge is 2.29. The second-order valence-corrected chi connectivity index (χ2v) is 8.64. The van der Waals surface area contributed by atoms with E-state index < -0.39 is 12.1 Å². The fourth-order valence-corrected chi connectivity index (χ4v) is 4.86. The molecule has 0 bridgehead atoms. The van der Waals surface area contributed by atoms with Crippen LogP contribution in [0.15, 0.2) is 47.1 Å². The number of amides is 1. The van der Waals surface area contributed by atoms with Gasteiger partial charge in [0.15, 0.2) is 17.0 Å². The van der Waals surface area contributed by atoms with Crippen LogP contribution in [0.2, 0.25) is 0 Å². The summed E-state index contributed by atoms with van der Waals surface area (Å²) in [6, 6.07) is 7.79. The lowest BCUT2D eigenvalue weighted by Crippen LogP contribution is -2.42. The molecule has 1 aromatic carbocycles. The highest BCUT2D eigenvalue weighted by molar-refractivity contribution is 7.98. The molecule has 1 aliphatic heterocycles. The molecule has 156 valence electrons. The van der Waals surface area contributed by atoms with Crippen LogP contribution in [0.5, 0.6) is 0 Å². The third-order valence-electron chi connectivity index (χ3n) is 4.96. The maximum absolute atomic E-state index is 13.3. The van der Waals surface area contributed by atoms with E-state index in [1.807, 2.05) is 17.7 Å². The molecule has 4 rings (SSSR count). The summed E-state index contributed by atoms with van der Waals surface area (Å²) in [7, 11) is 0. The Morgan fingerprint density at radius 2 is 2.03 bits per heavy atom. The monoisotopic (exact) mass is 445 g/mol. The van der Waals surface area contributed by atoms with Crippen molar-refractivity contribution >= 4 is 35.0 Å². The second kappa shape index (κ2) is 8.61. The molecule has 3 aromatic rings. The van der Waals surface area contributed by atoms with E-state index >= 15 is 0 Å². The third kappa shape index (κ3) is 3.99. The van der Waals surface area contributed by atoms with E-state index in [0.29, 0.717) is 23.9 Å². The number of carbonyl (C=O) groups is 2. The lowest BCUT2D eigenvalue weighted by molar-refractivity contribution is -0.140. The van der Waals surface area contributed by atoms with Crippen LogP contribution in [0.3, 0.4) is 0 Å². The predicted octanol–water partition coefficient (Wildman–Crippen LogP) is 3.93. The van der Waals surface area contributed by atoms with E-state index in [4.69, 9.17) is 4.74 Å². The molecular weight excluding hydrogens is 425 g/mol.